The Morgan fingerprint density at radius 3 is 2.41 bits per heavy atom. The second-order valence-electron chi connectivity index (χ2n) is 7.12. The van der Waals surface area contributed by atoms with Crippen LogP contribution in [-0.2, 0) is 20.9 Å². The monoisotopic (exact) mass is 394 g/mol. The topological polar surface area (TPSA) is 87.7 Å². The first kappa shape index (κ1) is 20.8. The van der Waals surface area contributed by atoms with Crippen molar-refractivity contribution in [3.63, 3.8) is 0 Å². The Bertz CT molecular complexity index is 828. The fourth-order valence-corrected chi connectivity index (χ4v) is 3.40. The number of carbonyl (C=O) groups is 2. The van der Waals surface area contributed by atoms with Gasteiger partial charge in [0.2, 0.25) is 0 Å². The van der Waals surface area contributed by atoms with Crippen LogP contribution in [0.5, 0.6) is 0 Å². The largest absolute Gasteiger partial charge is 0.461 e. The average Bonchev–Trinajstić information content (AvgIpc) is 3.26. The lowest BCUT2D eigenvalue weighted by Crippen LogP contribution is -2.32. The molecular formula is C23H26N2O4. The number of esters is 1. The first-order valence-corrected chi connectivity index (χ1v) is 9.85. The van der Waals surface area contributed by atoms with Gasteiger partial charge < -0.3 is 4.74 Å². The summed E-state index contributed by atoms with van der Waals surface area (Å²) >= 11 is 0. The van der Waals surface area contributed by atoms with E-state index in [-0.39, 0.29) is 12.1 Å². The fraction of sp³-hybridized carbons (Fsp3) is 0.304. The van der Waals surface area contributed by atoms with Crippen LogP contribution >= 0.6 is 0 Å². The summed E-state index contributed by atoms with van der Waals surface area (Å²) in [4.78, 5) is 23.9. The molecule has 6 heteroatoms. The molecule has 0 heterocycles. The fourth-order valence-electron chi connectivity index (χ4n) is 3.40. The van der Waals surface area contributed by atoms with Crippen LogP contribution in [-0.4, -0.2) is 23.2 Å². The van der Waals surface area contributed by atoms with Crippen molar-refractivity contribution in [2.45, 2.75) is 44.4 Å². The van der Waals surface area contributed by atoms with Gasteiger partial charge in [0.05, 0.1) is 0 Å². The third kappa shape index (κ3) is 6.27. The number of hydrogen-bond acceptors (Lipinski definition) is 5. The van der Waals surface area contributed by atoms with E-state index in [1.807, 2.05) is 54.6 Å². The van der Waals surface area contributed by atoms with E-state index in [2.05, 4.69) is 5.32 Å². The predicted molar refractivity (Wildman–Crippen MR) is 110 cm³/mol. The predicted octanol–water partition coefficient (Wildman–Crippen LogP) is 3.52. The number of rotatable bonds is 8. The molecule has 0 radical (unpaired) electrons. The zero-order chi connectivity index (χ0) is 20.5. The highest BCUT2D eigenvalue weighted by atomic mass is 16.5. The second kappa shape index (κ2) is 10.5. The van der Waals surface area contributed by atoms with Gasteiger partial charge in [0.15, 0.2) is 0 Å². The van der Waals surface area contributed by atoms with Crippen molar-refractivity contribution in [3.05, 3.63) is 77.4 Å². The van der Waals surface area contributed by atoms with Gasteiger partial charge in [0.25, 0.3) is 5.91 Å². The molecule has 6 nitrogen and oxygen atoms in total. The second-order valence-corrected chi connectivity index (χ2v) is 7.12. The van der Waals surface area contributed by atoms with Crippen LogP contribution in [0.1, 0.15) is 48.4 Å². The van der Waals surface area contributed by atoms with E-state index < -0.39 is 11.9 Å². The van der Waals surface area contributed by atoms with Gasteiger partial charge in [-0.2, -0.15) is 0 Å². The lowest BCUT2D eigenvalue weighted by atomic mass is 10.1. The van der Waals surface area contributed by atoms with E-state index in [1.165, 1.54) is 6.08 Å². The lowest BCUT2D eigenvalue weighted by molar-refractivity contribution is -0.151. The van der Waals surface area contributed by atoms with Crippen LogP contribution in [0.3, 0.4) is 0 Å². The molecule has 2 aromatic rings. The summed E-state index contributed by atoms with van der Waals surface area (Å²) in [6.45, 7) is 0.500. The van der Waals surface area contributed by atoms with Crippen molar-refractivity contribution < 1.29 is 19.5 Å². The SMILES string of the molecule is O=C(/C=C/c1ccc(CN[C@@H](C(=O)OC2CCCC2)c2ccccc2)cc1)NO. The molecule has 1 atom stereocenters. The number of carbonyl (C=O) groups excluding carboxylic acids is 2. The number of hydrogen-bond donors (Lipinski definition) is 3. The quantitative estimate of drug-likeness (QED) is 0.276. The summed E-state index contributed by atoms with van der Waals surface area (Å²) < 4.78 is 5.73. The van der Waals surface area contributed by atoms with E-state index in [4.69, 9.17) is 9.94 Å². The van der Waals surface area contributed by atoms with Gasteiger partial charge >= 0.3 is 5.97 Å². The number of hydroxylamine groups is 1. The zero-order valence-corrected chi connectivity index (χ0v) is 16.2. The molecule has 152 valence electrons. The maximum absolute atomic E-state index is 12.8. The van der Waals surface area contributed by atoms with Crippen molar-refractivity contribution in [1.29, 1.82) is 0 Å². The molecule has 2 aromatic carbocycles. The van der Waals surface area contributed by atoms with E-state index >= 15 is 0 Å². The molecule has 0 aliphatic heterocycles. The van der Waals surface area contributed by atoms with E-state index in [1.54, 1.807) is 11.6 Å². The van der Waals surface area contributed by atoms with Crippen molar-refractivity contribution in [3.8, 4) is 0 Å². The Morgan fingerprint density at radius 1 is 1.07 bits per heavy atom. The summed E-state index contributed by atoms with van der Waals surface area (Å²) in [6.07, 6.45) is 6.99. The third-order valence-electron chi connectivity index (χ3n) is 4.98. The molecule has 3 rings (SSSR count). The van der Waals surface area contributed by atoms with E-state index in [0.717, 1.165) is 42.4 Å². The van der Waals surface area contributed by atoms with Crippen LogP contribution in [0.2, 0.25) is 0 Å². The maximum atomic E-state index is 12.8. The third-order valence-corrected chi connectivity index (χ3v) is 4.98. The van der Waals surface area contributed by atoms with Crippen molar-refractivity contribution >= 4 is 18.0 Å². The Labute approximate surface area is 170 Å². The number of ether oxygens (including phenoxy) is 1. The van der Waals surface area contributed by atoms with Crippen LogP contribution < -0.4 is 10.8 Å². The van der Waals surface area contributed by atoms with Crippen molar-refractivity contribution in [1.82, 2.24) is 10.8 Å². The highest BCUT2D eigenvalue weighted by Gasteiger charge is 2.26. The van der Waals surface area contributed by atoms with Gasteiger partial charge in [0, 0.05) is 12.6 Å². The Hall–Kier alpha value is -2.96. The Kier molecular flexibility index (Phi) is 7.55. The normalized spacial score (nSPS) is 15.3. The molecule has 1 saturated carbocycles. The van der Waals surface area contributed by atoms with Crippen LogP contribution in [0.15, 0.2) is 60.7 Å². The first-order chi connectivity index (χ1) is 14.2. The first-order valence-electron chi connectivity index (χ1n) is 9.85. The molecular weight excluding hydrogens is 368 g/mol. The molecule has 1 amide bonds. The standard InChI is InChI=1S/C23H26N2O4/c26-21(25-28)15-14-17-10-12-18(13-11-17)16-24-22(19-6-2-1-3-7-19)23(27)29-20-8-4-5-9-20/h1-3,6-7,10-15,20,22,24,28H,4-5,8-9,16H2,(H,25,26)/b15-14+/t22-/m1/s1. The van der Waals surface area contributed by atoms with Crippen LogP contribution in [0, 0.1) is 0 Å². The number of nitrogens with one attached hydrogen (secondary N) is 2. The molecule has 1 fully saturated rings. The van der Waals surface area contributed by atoms with E-state index in [0.29, 0.717) is 6.54 Å². The smallest absolute Gasteiger partial charge is 0.328 e. The molecule has 0 bridgehead atoms. The van der Waals surface area contributed by atoms with Crippen LogP contribution in [0.25, 0.3) is 6.08 Å². The van der Waals surface area contributed by atoms with Gasteiger partial charge in [0.1, 0.15) is 12.1 Å². The molecule has 1 aliphatic rings. The van der Waals surface area contributed by atoms with Gasteiger partial charge in [-0.15, -0.1) is 0 Å². The molecule has 1 aliphatic carbocycles. The summed E-state index contributed by atoms with van der Waals surface area (Å²) in [6, 6.07) is 16.7. The minimum absolute atomic E-state index is 0.0257. The van der Waals surface area contributed by atoms with Crippen molar-refractivity contribution in [2.75, 3.05) is 0 Å². The zero-order valence-electron chi connectivity index (χ0n) is 16.2. The lowest BCUT2D eigenvalue weighted by Gasteiger charge is -2.21. The van der Waals surface area contributed by atoms with Crippen molar-refractivity contribution in [2.24, 2.45) is 0 Å². The molecule has 29 heavy (non-hydrogen) atoms. The molecule has 0 spiro atoms. The number of amides is 1. The highest BCUT2D eigenvalue weighted by molar-refractivity contribution is 5.90. The molecule has 0 unspecified atom stereocenters. The average molecular weight is 394 g/mol. The molecule has 0 saturated heterocycles. The Balaban J connectivity index is 1.64. The van der Waals surface area contributed by atoms with Gasteiger partial charge in [-0.1, -0.05) is 54.6 Å². The van der Waals surface area contributed by atoms with Crippen LogP contribution in [0.4, 0.5) is 0 Å². The summed E-state index contributed by atoms with van der Waals surface area (Å²) in [7, 11) is 0. The van der Waals surface area contributed by atoms with Gasteiger partial charge in [-0.05, 0) is 48.4 Å². The van der Waals surface area contributed by atoms with E-state index in [9.17, 15) is 9.59 Å². The molecule has 0 aromatic heterocycles. The summed E-state index contributed by atoms with van der Waals surface area (Å²) in [5.41, 5.74) is 4.27. The van der Waals surface area contributed by atoms with Gasteiger partial charge in [-0.3, -0.25) is 15.3 Å². The minimum Gasteiger partial charge on any atom is -0.461 e. The van der Waals surface area contributed by atoms with Gasteiger partial charge in [-0.25, -0.2) is 10.3 Å². The highest BCUT2D eigenvalue weighted by Crippen LogP contribution is 2.24. The minimum atomic E-state index is -0.581. The molecule has 3 N–H and O–H groups in total. The summed E-state index contributed by atoms with van der Waals surface area (Å²) in [5, 5.41) is 11.8. The summed E-state index contributed by atoms with van der Waals surface area (Å²) in [5.74, 6) is -0.820. The maximum Gasteiger partial charge on any atom is 0.328 e. The number of benzene rings is 2. The Morgan fingerprint density at radius 2 is 1.76 bits per heavy atom.